The van der Waals surface area contributed by atoms with Crippen molar-refractivity contribution in [2.45, 2.75) is 19.4 Å². The van der Waals surface area contributed by atoms with Crippen LogP contribution in [-0.2, 0) is 13.0 Å². The predicted molar refractivity (Wildman–Crippen MR) is 119 cm³/mol. The van der Waals surface area contributed by atoms with E-state index in [1.165, 1.54) is 0 Å². The van der Waals surface area contributed by atoms with Crippen LogP contribution in [0.5, 0.6) is 0 Å². The summed E-state index contributed by atoms with van der Waals surface area (Å²) in [6.45, 7) is 6.06. The standard InChI is InChI=1S/C23H27ClN4O/c1-26-13-15-27(16-14-26)11-4-12-28-23(29)21-6-3-2-5-20(21)22(25-28)17-18-7-9-19(24)10-8-18/h2-3,5-10H,4,11-17H2,1H3. The van der Waals surface area contributed by atoms with Crippen LogP contribution in [0, 0.1) is 0 Å². The van der Waals surface area contributed by atoms with Crippen LogP contribution in [0.3, 0.4) is 0 Å². The predicted octanol–water partition coefficient (Wildman–Crippen LogP) is 3.28. The van der Waals surface area contributed by atoms with Crippen molar-refractivity contribution < 1.29 is 0 Å². The van der Waals surface area contributed by atoms with E-state index in [0.717, 1.165) is 66.2 Å². The molecule has 1 aliphatic rings. The average molecular weight is 411 g/mol. The topological polar surface area (TPSA) is 41.4 Å². The summed E-state index contributed by atoms with van der Waals surface area (Å²) in [7, 11) is 2.16. The molecule has 1 aliphatic heterocycles. The molecule has 0 bridgehead atoms. The number of nitrogens with zero attached hydrogens (tertiary/aromatic N) is 4. The highest BCUT2D eigenvalue weighted by atomic mass is 35.5. The molecule has 5 nitrogen and oxygen atoms in total. The highest BCUT2D eigenvalue weighted by Crippen LogP contribution is 2.18. The third-order valence-electron chi connectivity index (χ3n) is 5.67. The highest BCUT2D eigenvalue weighted by molar-refractivity contribution is 6.30. The smallest absolute Gasteiger partial charge is 0.274 e. The zero-order valence-corrected chi connectivity index (χ0v) is 17.6. The Bertz CT molecular complexity index is 1020. The molecule has 0 saturated carbocycles. The van der Waals surface area contributed by atoms with Gasteiger partial charge in [-0.1, -0.05) is 41.9 Å². The lowest BCUT2D eigenvalue weighted by atomic mass is 10.0. The molecule has 1 aromatic heterocycles. The summed E-state index contributed by atoms with van der Waals surface area (Å²) in [5.41, 5.74) is 2.07. The van der Waals surface area contributed by atoms with E-state index >= 15 is 0 Å². The number of rotatable bonds is 6. The van der Waals surface area contributed by atoms with E-state index in [0.29, 0.717) is 13.0 Å². The average Bonchev–Trinajstić information content (AvgIpc) is 2.74. The van der Waals surface area contributed by atoms with E-state index in [4.69, 9.17) is 16.7 Å². The van der Waals surface area contributed by atoms with Crippen LogP contribution < -0.4 is 5.56 Å². The van der Waals surface area contributed by atoms with E-state index in [1.54, 1.807) is 4.68 Å². The number of piperazine rings is 1. The van der Waals surface area contributed by atoms with Gasteiger partial charge >= 0.3 is 0 Å². The second-order valence-corrected chi connectivity index (χ2v) is 8.26. The minimum Gasteiger partial charge on any atom is -0.304 e. The summed E-state index contributed by atoms with van der Waals surface area (Å²) in [5, 5.41) is 7.15. The molecule has 0 radical (unpaired) electrons. The third-order valence-corrected chi connectivity index (χ3v) is 5.92. The number of likely N-dealkylation sites (N-methyl/N-ethyl adjacent to an activating group) is 1. The Morgan fingerprint density at radius 1 is 0.931 bits per heavy atom. The number of hydrogen-bond acceptors (Lipinski definition) is 4. The van der Waals surface area contributed by atoms with Crippen LogP contribution in [-0.4, -0.2) is 59.4 Å². The van der Waals surface area contributed by atoms with Crippen molar-refractivity contribution in [3.63, 3.8) is 0 Å². The molecule has 0 aliphatic carbocycles. The van der Waals surface area contributed by atoms with Gasteiger partial charge in [-0.2, -0.15) is 5.10 Å². The number of aryl methyl sites for hydroxylation is 1. The molecule has 1 saturated heterocycles. The first-order valence-corrected chi connectivity index (χ1v) is 10.6. The van der Waals surface area contributed by atoms with Crippen LogP contribution in [0.1, 0.15) is 17.7 Å². The number of halogens is 1. The number of hydrogen-bond donors (Lipinski definition) is 0. The molecule has 0 amide bonds. The minimum atomic E-state index is -0.00108. The summed E-state index contributed by atoms with van der Waals surface area (Å²) >= 11 is 6.02. The Hall–Kier alpha value is -2.21. The Balaban J connectivity index is 1.54. The zero-order valence-electron chi connectivity index (χ0n) is 16.9. The van der Waals surface area contributed by atoms with E-state index in [9.17, 15) is 4.79 Å². The van der Waals surface area contributed by atoms with Crippen molar-refractivity contribution in [3.8, 4) is 0 Å². The molecule has 3 aromatic rings. The van der Waals surface area contributed by atoms with Gasteiger partial charge < -0.3 is 9.80 Å². The zero-order chi connectivity index (χ0) is 20.2. The van der Waals surface area contributed by atoms with Gasteiger partial charge in [0, 0.05) is 56.1 Å². The number of fused-ring (bicyclic) bond motifs is 1. The van der Waals surface area contributed by atoms with Crippen molar-refractivity contribution in [1.29, 1.82) is 0 Å². The lowest BCUT2D eigenvalue weighted by Gasteiger charge is -2.32. The van der Waals surface area contributed by atoms with E-state index < -0.39 is 0 Å². The maximum atomic E-state index is 13.0. The van der Waals surface area contributed by atoms with Gasteiger partial charge in [0.2, 0.25) is 0 Å². The molecule has 6 heteroatoms. The molecule has 2 heterocycles. The van der Waals surface area contributed by atoms with Crippen LogP contribution in [0.4, 0.5) is 0 Å². The third kappa shape index (κ3) is 4.86. The second kappa shape index (κ2) is 9.08. The first-order chi connectivity index (χ1) is 14.1. The Kier molecular flexibility index (Phi) is 6.28. The SMILES string of the molecule is CN1CCN(CCCn2nc(Cc3ccc(Cl)cc3)c3ccccc3c2=O)CC1. The minimum absolute atomic E-state index is 0.00108. The van der Waals surface area contributed by atoms with Gasteiger partial charge in [0.15, 0.2) is 0 Å². The van der Waals surface area contributed by atoms with Crippen LogP contribution in [0.25, 0.3) is 10.8 Å². The van der Waals surface area contributed by atoms with E-state index in [-0.39, 0.29) is 5.56 Å². The molecule has 0 N–H and O–H groups in total. The maximum absolute atomic E-state index is 13.0. The molecule has 0 spiro atoms. The summed E-state index contributed by atoms with van der Waals surface area (Å²) in [6.07, 6.45) is 1.60. The molecule has 152 valence electrons. The fourth-order valence-electron chi connectivity index (χ4n) is 3.90. The second-order valence-electron chi connectivity index (χ2n) is 7.82. The van der Waals surface area contributed by atoms with Crippen LogP contribution in [0.2, 0.25) is 5.02 Å². The molecule has 4 rings (SSSR count). The van der Waals surface area contributed by atoms with Gasteiger partial charge in [0.1, 0.15) is 0 Å². The van der Waals surface area contributed by atoms with Crippen molar-refractivity contribution in [3.05, 3.63) is 75.2 Å². The van der Waals surface area contributed by atoms with Gasteiger partial charge in [0.25, 0.3) is 5.56 Å². The molecule has 1 fully saturated rings. The normalized spacial score (nSPS) is 15.8. The van der Waals surface area contributed by atoms with Crippen molar-refractivity contribution in [2.75, 3.05) is 39.8 Å². The molecular formula is C23H27ClN4O. The van der Waals surface area contributed by atoms with Gasteiger partial charge in [-0.05, 0) is 37.2 Å². The number of benzene rings is 2. The summed E-state index contributed by atoms with van der Waals surface area (Å²) in [4.78, 5) is 17.8. The quantitative estimate of drug-likeness (QED) is 0.625. The Morgan fingerprint density at radius 2 is 1.62 bits per heavy atom. The molecule has 29 heavy (non-hydrogen) atoms. The molecule has 2 aromatic carbocycles. The summed E-state index contributed by atoms with van der Waals surface area (Å²) < 4.78 is 1.66. The molecular weight excluding hydrogens is 384 g/mol. The first kappa shape index (κ1) is 20.1. The fraction of sp³-hybridized carbons (Fsp3) is 0.391. The van der Waals surface area contributed by atoms with Crippen LogP contribution in [0.15, 0.2) is 53.3 Å². The van der Waals surface area contributed by atoms with Crippen molar-refractivity contribution >= 4 is 22.4 Å². The first-order valence-electron chi connectivity index (χ1n) is 10.2. The van der Waals surface area contributed by atoms with Gasteiger partial charge in [0.05, 0.1) is 11.1 Å². The fourth-order valence-corrected chi connectivity index (χ4v) is 4.02. The van der Waals surface area contributed by atoms with Gasteiger partial charge in [-0.3, -0.25) is 4.79 Å². The Labute approximate surface area is 176 Å². The van der Waals surface area contributed by atoms with Gasteiger partial charge in [-0.15, -0.1) is 0 Å². The molecule has 0 unspecified atom stereocenters. The summed E-state index contributed by atoms with van der Waals surface area (Å²) in [5.74, 6) is 0. The van der Waals surface area contributed by atoms with Gasteiger partial charge in [-0.25, -0.2) is 4.68 Å². The van der Waals surface area contributed by atoms with Crippen LogP contribution >= 0.6 is 11.6 Å². The number of aromatic nitrogens is 2. The maximum Gasteiger partial charge on any atom is 0.274 e. The monoisotopic (exact) mass is 410 g/mol. The Morgan fingerprint density at radius 3 is 2.34 bits per heavy atom. The van der Waals surface area contributed by atoms with Crippen molar-refractivity contribution in [1.82, 2.24) is 19.6 Å². The lowest BCUT2D eigenvalue weighted by Crippen LogP contribution is -2.44. The van der Waals surface area contributed by atoms with E-state index in [2.05, 4.69) is 16.8 Å². The van der Waals surface area contributed by atoms with Crippen molar-refractivity contribution in [2.24, 2.45) is 0 Å². The van der Waals surface area contributed by atoms with E-state index in [1.807, 2.05) is 48.5 Å². The lowest BCUT2D eigenvalue weighted by molar-refractivity contribution is 0.150. The summed E-state index contributed by atoms with van der Waals surface area (Å²) in [6, 6.07) is 15.6. The highest BCUT2D eigenvalue weighted by Gasteiger charge is 2.14. The largest absolute Gasteiger partial charge is 0.304 e. The molecule has 0 atom stereocenters.